The SMILES string of the molecule is CNC(=O)C(=O)CCC(NC(=O)/C(SN)=C(\C)N)C(=O)Nc1cccn(CC=O)c1=O.CNC1CC2CCC1(C)C2(C)C.[HH]. The van der Waals surface area contributed by atoms with Crippen molar-refractivity contribution in [3.8, 4) is 0 Å². The molecule has 3 amide bonds. The van der Waals surface area contributed by atoms with Crippen LogP contribution >= 0.6 is 11.9 Å². The third-order valence-corrected chi connectivity index (χ3v) is 9.88. The molecule has 43 heavy (non-hydrogen) atoms. The highest BCUT2D eigenvalue weighted by Gasteiger charge is 2.60. The Morgan fingerprint density at radius 1 is 1.21 bits per heavy atom. The number of carbonyl (C=O) groups is 5. The molecular formula is C29H47N7O6S. The van der Waals surface area contributed by atoms with Gasteiger partial charge in [0.05, 0.1) is 6.54 Å². The number of nitrogens with one attached hydrogen (secondary N) is 4. The average molecular weight is 622 g/mol. The largest absolute Gasteiger partial charge is 0.401 e. The number of aldehydes is 1. The molecule has 0 radical (unpaired) electrons. The molecule has 2 aliphatic rings. The van der Waals surface area contributed by atoms with E-state index in [0.717, 1.165) is 16.5 Å². The van der Waals surface area contributed by atoms with Crippen LogP contribution in [0.25, 0.3) is 0 Å². The number of pyridine rings is 1. The number of fused-ring (bicyclic) bond motifs is 2. The van der Waals surface area contributed by atoms with Crippen molar-refractivity contribution in [3.05, 3.63) is 39.3 Å². The van der Waals surface area contributed by atoms with Crippen LogP contribution in [0, 0.1) is 16.7 Å². The first kappa shape index (κ1) is 35.7. The van der Waals surface area contributed by atoms with Crippen LogP contribution in [-0.2, 0) is 30.5 Å². The minimum Gasteiger partial charge on any atom is -0.401 e. The van der Waals surface area contributed by atoms with Gasteiger partial charge in [0.25, 0.3) is 17.4 Å². The molecule has 3 rings (SSSR count). The van der Waals surface area contributed by atoms with Crippen LogP contribution in [0.5, 0.6) is 0 Å². The number of nitrogens with two attached hydrogens (primary N) is 2. The lowest BCUT2D eigenvalue weighted by atomic mass is 9.69. The zero-order chi connectivity index (χ0) is 32.5. The van der Waals surface area contributed by atoms with E-state index < -0.39 is 35.1 Å². The van der Waals surface area contributed by atoms with Gasteiger partial charge in [-0.15, -0.1) is 0 Å². The summed E-state index contributed by atoms with van der Waals surface area (Å²) in [4.78, 5) is 71.4. The number of allylic oxidation sites excluding steroid dienone is 1. The van der Waals surface area contributed by atoms with E-state index in [9.17, 15) is 28.8 Å². The van der Waals surface area contributed by atoms with Gasteiger partial charge in [0.2, 0.25) is 11.7 Å². The number of carbonyl (C=O) groups excluding carboxylic acids is 5. The summed E-state index contributed by atoms with van der Waals surface area (Å²) in [6, 6.07) is 2.25. The topological polar surface area (TPSA) is 208 Å². The van der Waals surface area contributed by atoms with Gasteiger partial charge in [-0.2, -0.15) is 0 Å². The van der Waals surface area contributed by atoms with Crippen LogP contribution in [0.1, 0.15) is 61.2 Å². The second kappa shape index (κ2) is 15.3. The summed E-state index contributed by atoms with van der Waals surface area (Å²) in [5.41, 5.74) is 6.09. The highest BCUT2D eigenvalue weighted by atomic mass is 32.2. The number of hydrogen-bond donors (Lipinski definition) is 6. The lowest BCUT2D eigenvalue weighted by molar-refractivity contribution is -0.137. The Morgan fingerprint density at radius 2 is 1.88 bits per heavy atom. The van der Waals surface area contributed by atoms with Crippen molar-refractivity contribution < 1.29 is 25.4 Å². The van der Waals surface area contributed by atoms with Crippen molar-refractivity contribution in [3.63, 3.8) is 0 Å². The molecule has 0 spiro atoms. The number of hydrogen-bond acceptors (Lipinski definition) is 10. The highest BCUT2D eigenvalue weighted by molar-refractivity contribution is 8.01. The molecule has 0 aromatic carbocycles. The zero-order valence-electron chi connectivity index (χ0n) is 25.7. The van der Waals surface area contributed by atoms with E-state index in [1.165, 1.54) is 51.6 Å². The number of rotatable bonds is 12. The monoisotopic (exact) mass is 621 g/mol. The fraction of sp³-hybridized carbons (Fsp3) is 0.586. The number of likely N-dealkylation sites (N-methyl/N-ethyl adjacent to an activating group) is 1. The molecule has 2 bridgehead atoms. The van der Waals surface area contributed by atoms with Gasteiger partial charge in [-0.1, -0.05) is 20.8 Å². The Labute approximate surface area is 258 Å². The second-order valence-electron chi connectivity index (χ2n) is 11.7. The smallest absolute Gasteiger partial charge is 0.287 e. The summed E-state index contributed by atoms with van der Waals surface area (Å²) in [5.74, 6) is -2.23. The number of anilines is 1. The predicted molar refractivity (Wildman–Crippen MR) is 168 cm³/mol. The van der Waals surface area contributed by atoms with Crippen LogP contribution in [0.4, 0.5) is 5.69 Å². The van der Waals surface area contributed by atoms with E-state index in [2.05, 4.69) is 49.1 Å². The molecule has 2 aliphatic carbocycles. The molecule has 0 aliphatic heterocycles. The first-order valence-electron chi connectivity index (χ1n) is 14.2. The summed E-state index contributed by atoms with van der Waals surface area (Å²) >= 11 is 0.580. The number of Topliss-reactive ketones (excluding diaryl/α,β-unsaturated/α-hetero) is 1. The summed E-state index contributed by atoms with van der Waals surface area (Å²) in [6.45, 7) is 8.63. The van der Waals surface area contributed by atoms with E-state index in [-0.39, 0.29) is 37.1 Å². The van der Waals surface area contributed by atoms with Gasteiger partial charge in [0.15, 0.2) is 0 Å². The molecule has 4 atom stereocenters. The molecule has 13 nitrogen and oxygen atoms in total. The Morgan fingerprint density at radius 3 is 2.35 bits per heavy atom. The molecule has 0 saturated heterocycles. The van der Waals surface area contributed by atoms with Crippen LogP contribution in [0.15, 0.2) is 33.7 Å². The molecule has 2 fully saturated rings. The van der Waals surface area contributed by atoms with Crippen molar-refractivity contribution in [2.45, 2.75) is 78.4 Å². The maximum atomic E-state index is 12.8. The van der Waals surface area contributed by atoms with E-state index in [0.29, 0.717) is 29.1 Å². The van der Waals surface area contributed by atoms with Gasteiger partial charge in [-0.25, -0.2) is 0 Å². The van der Waals surface area contributed by atoms with Gasteiger partial charge < -0.3 is 36.4 Å². The molecule has 2 saturated carbocycles. The van der Waals surface area contributed by atoms with Crippen LogP contribution in [-0.4, -0.2) is 60.5 Å². The fourth-order valence-corrected chi connectivity index (χ4v) is 6.41. The lowest BCUT2D eigenvalue weighted by Crippen LogP contribution is -2.46. The van der Waals surface area contributed by atoms with Crippen LogP contribution in [0.3, 0.4) is 0 Å². The predicted octanol–water partition coefficient (Wildman–Crippen LogP) is 1.03. The zero-order valence-corrected chi connectivity index (χ0v) is 26.6. The van der Waals surface area contributed by atoms with Crippen molar-refractivity contribution in [2.24, 2.45) is 27.6 Å². The van der Waals surface area contributed by atoms with Gasteiger partial charge in [0, 0.05) is 32.8 Å². The standard InChI is InChI=1S/C18H24N6O6S.C11H21N.H2/c1-10(19)14(31-20)17(29)22-11(5-6-13(26)16(28)21-2)15(27)23-12-4-3-7-24(8-9-25)18(12)30;1-10(2)8-5-6-11(10,3)9(7-8)12-4;/h3-4,7,9,11H,5-6,8,19-20H2,1-2H3,(H,21,28)(H,22,29)(H,23,27);8-9,12H,5-7H2,1-4H3;1H/b14-10-;;. The molecule has 8 N–H and O–H groups in total. The van der Waals surface area contributed by atoms with Crippen molar-refractivity contribution in [1.82, 2.24) is 20.5 Å². The quantitative estimate of drug-likeness (QED) is 0.0845. The number of nitrogens with zero attached hydrogens (tertiary/aromatic N) is 1. The summed E-state index contributed by atoms with van der Waals surface area (Å²) in [7, 11) is 3.40. The van der Waals surface area contributed by atoms with Gasteiger partial charge in [0.1, 0.15) is 22.9 Å². The van der Waals surface area contributed by atoms with E-state index in [1.54, 1.807) is 0 Å². The number of aromatic nitrogens is 1. The average Bonchev–Trinajstić information content (AvgIpc) is 3.30. The first-order chi connectivity index (χ1) is 20.2. The van der Waals surface area contributed by atoms with E-state index in [4.69, 9.17) is 10.9 Å². The fourth-order valence-electron chi connectivity index (χ4n) is 6.06. The first-order valence-corrected chi connectivity index (χ1v) is 15.1. The minimum absolute atomic E-state index is 0. The maximum absolute atomic E-state index is 12.8. The van der Waals surface area contributed by atoms with Crippen molar-refractivity contribution in [1.29, 1.82) is 0 Å². The molecule has 1 aromatic heterocycles. The molecular weight excluding hydrogens is 574 g/mol. The van der Waals surface area contributed by atoms with Crippen LogP contribution < -0.4 is 37.7 Å². The minimum atomic E-state index is -1.29. The van der Waals surface area contributed by atoms with E-state index >= 15 is 0 Å². The van der Waals surface area contributed by atoms with Crippen molar-refractivity contribution in [2.75, 3.05) is 19.4 Å². The number of ketones is 1. The third kappa shape index (κ3) is 8.12. The van der Waals surface area contributed by atoms with Crippen LogP contribution in [0.2, 0.25) is 0 Å². The number of amides is 3. The Balaban J connectivity index is 0.000000614. The molecule has 4 unspecified atom stereocenters. The highest BCUT2D eigenvalue weighted by Crippen LogP contribution is 2.65. The van der Waals surface area contributed by atoms with Gasteiger partial charge >= 0.3 is 0 Å². The molecule has 1 aromatic rings. The Hall–Kier alpha value is -3.49. The summed E-state index contributed by atoms with van der Waals surface area (Å²) in [5, 5.41) is 15.9. The third-order valence-electron chi connectivity index (χ3n) is 9.14. The molecule has 240 valence electrons. The molecule has 14 heteroatoms. The Kier molecular flexibility index (Phi) is 12.7. The van der Waals surface area contributed by atoms with E-state index in [1.807, 2.05) is 0 Å². The normalized spacial score (nSPS) is 22.8. The summed E-state index contributed by atoms with van der Waals surface area (Å²) in [6.07, 6.45) is 5.60. The maximum Gasteiger partial charge on any atom is 0.287 e. The lowest BCUT2D eigenvalue weighted by Gasteiger charge is -2.39. The second-order valence-corrected chi connectivity index (χ2v) is 12.3. The van der Waals surface area contributed by atoms with Crippen molar-refractivity contribution >= 4 is 47.4 Å². The Bertz CT molecular complexity index is 1310. The van der Waals surface area contributed by atoms with Gasteiger partial charge in [-0.3, -0.25) is 29.1 Å². The molecule has 1 heterocycles. The van der Waals surface area contributed by atoms with Gasteiger partial charge in [-0.05, 0) is 80.5 Å². The summed E-state index contributed by atoms with van der Waals surface area (Å²) < 4.78 is 1.08.